The molecule has 130 valence electrons. The Balaban J connectivity index is 2.25. The predicted molar refractivity (Wildman–Crippen MR) is 111 cm³/mol. The number of fused-ring (bicyclic) bond motifs is 1. The van der Waals surface area contributed by atoms with Gasteiger partial charge in [-0.05, 0) is 64.8 Å². The summed E-state index contributed by atoms with van der Waals surface area (Å²) in [5.74, 6) is 0. The van der Waals surface area contributed by atoms with Crippen molar-refractivity contribution in [3.8, 4) is 6.07 Å². The van der Waals surface area contributed by atoms with Gasteiger partial charge in [-0.25, -0.2) is 0 Å². The van der Waals surface area contributed by atoms with Crippen molar-refractivity contribution in [3.05, 3.63) is 50.0 Å². The minimum Gasteiger partial charge on any atom is -0.379 e. The molecule has 0 bridgehead atoms. The molecule has 0 saturated heterocycles. The van der Waals surface area contributed by atoms with Crippen molar-refractivity contribution in [1.29, 1.82) is 5.26 Å². The van der Waals surface area contributed by atoms with Crippen LogP contribution in [0.2, 0.25) is 0 Å². The average Bonchev–Trinajstić information content (AvgIpc) is 3.27. The fourth-order valence-electron chi connectivity index (χ4n) is 3.61. The largest absolute Gasteiger partial charge is 0.379 e. The van der Waals surface area contributed by atoms with Crippen LogP contribution in [0.1, 0.15) is 61.1 Å². The van der Waals surface area contributed by atoms with Gasteiger partial charge >= 0.3 is 0 Å². The average molecular weight is 369 g/mol. The Hall–Kier alpha value is -1.83. The first-order valence-corrected chi connectivity index (χ1v) is 10.7. The van der Waals surface area contributed by atoms with Crippen LogP contribution in [-0.2, 0) is 6.42 Å². The molecule has 0 aromatic carbocycles. The van der Waals surface area contributed by atoms with E-state index in [4.69, 9.17) is 0 Å². The van der Waals surface area contributed by atoms with Gasteiger partial charge in [0.1, 0.15) is 11.1 Å². The third-order valence-electron chi connectivity index (χ3n) is 4.66. The van der Waals surface area contributed by atoms with Gasteiger partial charge in [0, 0.05) is 11.9 Å². The van der Waals surface area contributed by atoms with Gasteiger partial charge in [-0.3, -0.25) is 0 Å². The van der Waals surface area contributed by atoms with Gasteiger partial charge in [-0.2, -0.15) is 16.6 Å². The molecule has 2 nitrogen and oxygen atoms in total. The highest BCUT2D eigenvalue weighted by molar-refractivity contribution is 7.17. The topological polar surface area (TPSA) is 35.8 Å². The molecule has 25 heavy (non-hydrogen) atoms. The lowest BCUT2D eigenvalue weighted by Crippen LogP contribution is -2.05. The van der Waals surface area contributed by atoms with Gasteiger partial charge in [0.2, 0.25) is 0 Å². The Morgan fingerprint density at radius 2 is 2.20 bits per heavy atom. The summed E-state index contributed by atoms with van der Waals surface area (Å²) in [7, 11) is 1.91. The third-order valence-corrected chi connectivity index (χ3v) is 6.62. The summed E-state index contributed by atoms with van der Waals surface area (Å²) >= 11 is 3.49. The first kappa shape index (κ1) is 18.0. The standard InChI is InChI=1S/C21H24N2S2/c1-4-6-14-8-9-17-18(12-22)21(23-3)25-20(17)19(14)16(7-5-2)15-10-11-24-13-15/h7,10-11,13,23H,4-6,8-9H2,1-3H3/b16-7-. The molecule has 2 aromatic heterocycles. The summed E-state index contributed by atoms with van der Waals surface area (Å²) in [6.45, 7) is 4.45. The smallest absolute Gasteiger partial charge is 0.107 e. The maximum absolute atomic E-state index is 9.66. The van der Waals surface area contributed by atoms with Crippen LogP contribution in [-0.4, -0.2) is 7.05 Å². The van der Waals surface area contributed by atoms with Gasteiger partial charge in [0.25, 0.3) is 0 Å². The summed E-state index contributed by atoms with van der Waals surface area (Å²) in [6, 6.07) is 4.65. The van der Waals surface area contributed by atoms with E-state index in [2.05, 4.69) is 48.1 Å². The molecular weight excluding hydrogens is 344 g/mol. The van der Waals surface area contributed by atoms with Gasteiger partial charge < -0.3 is 5.32 Å². The Bertz CT molecular complexity index is 845. The highest BCUT2D eigenvalue weighted by atomic mass is 32.1. The molecule has 0 unspecified atom stereocenters. The lowest BCUT2D eigenvalue weighted by molar-refractivity contribution is 0.812. The van der Waals surface area contributed by atoms with Crippen molar-refractivity contribution in [1.82, 2.24) is 0 Å². The van der Waals surface area contributed by atoms with Crippen LogP contribution < -0.4 is 5.32 Å². The van der Waals surface area contributed by atoms with Crippen LogP contribution in [0.4, 0.5) is 5.00 Å². The fraction of sp³-hybridized carbons (Fsp3) is 0.381. The molecule has 0 spiro atoms. The zero-order chi connectivity index (χ0) is 17.8. The second-order valence-corrected chi connectivity index (χ2v) is 8.04. The molecule has 1 aliphatic rings. The SMILES string of the molecule is CC/C=C(\C1=C(CCC)CCc2c1sc(NC)c2C#N)c1ccsc1. The third kappa shape index (κ3) is 3.31. The molecule has 1 aliphatic carbocycles. The van der Waals surface area contributed by atoms with E-state index in [-0.39, 0.29) is 0 Å². The lowest BCUT2D eigenvalue weighted by atomic mass is 9.82. The van der Waals surface area contributed by atoms with E-state index in [1.165, 1.54) is 27.2 Å². The van der Waals surface area contributed by atoms with Crippen LogP contribution in [0.5, 0.6) is 0 Å². The number of anilines is 1. The summed E-state index contributed by atoms with van der Waals surface area (Å²) in [4.78, 5) is 1.31. The van der Waals surface area contributed by atoms with Gasteiger partial charge in [-0.1, -0.05) is 31.9 Å². The van der Waals surface area contributed by atoms with Crippen LogP contribution >= 0.6 is 22.7 Å². The Morgan fingerprint density at radius 1 is 1.36 bits per heavy atom. The first-order chi connectivity index (χ1) is 12.2. The predicted octanol–water partition coefficient (Wildman–Crippen LogP) is 6.72. The Morgan fingerprint density at radius 3 is 2.80 bits per heavy atom. The molecule has 4 heteroatoms. The molecule has 2 heterocycles. The number of hydrogen-bond donors (Lipinski definition) is 1. The van der Waals surface area contributed by atoms with Gasteiger partial charge in [0.15, 0.2) is 0 Å². The van der Waals surface area contributed by atoms with E-state index in [1.807, 2.05) is 7.05 Å². The van der Waals surface area contributed by atoms with Crippen molar-refractivity contribution in [3.63, 3.8) is 0 Å². The number of thiophene rings is 2. The molecule has 1 N–H and O–H groups in total. The van der Waals surface area contributed by atoms with Crippen molar-refractivity contribution < 1.29 is 0 Å². The van der Waals surface area contributed by atoms with E-state index >= 15 is 0 Å². The molecule has 0 fully saturated rings. The van der Waals surface area contributed by atoms with Crippen molar-refractivity contribution in [2.75, 3.05) is 12.4 Å². The molecule has 0 amide bonds. The summed E-state index contributed by atoms with van der Waals surface area (Å²) in [5, 5.41) is 18.3. The highest BCUT2D eigenvalue weighted by Gasteiger charge is 2.28. The maximum atomic E-state index is 9.66. The highest BCUT2D eigenvalue weighted by Crippen LogP contribution is 2.48. The molecule has 3 rings (SSSR count). The normalized spacial score (nSPS) is 14.4. The Kier molecular flexibility index (Phi) is 5.78. The zero-order valence-corrected chi connectivity index (χ0v) is 16.7. The number of nitrogens with zero attached hydrogens (tertiary/aromatic N) is 1. The van der Waals surface area contributed by atoms with Crippen molar-refractivity contribution in [2.45, 2.75) is 46.0 Å². The second kappa shape index (κ2) is 8.03. The minimum atomic E-state index is 0.844. The number of hydrogen-bond acceptors (Lipinski definition) is 4. The molecule has 0 aliphatic heterocycles. The number of nitrogens with one attached hydrogen (secondary N) is 1. The van der Waals surface area contributed by atoms with E-state index in [9.17, 15) is 5.26 Å². The van der Waals surface area contributed by atoms with E-state index in [0.29, 0.717) is 0 Å². The molecule has 0 atom stereocenters. The van der Waals surface area contributed by atoms with Crippen LogP contribution in [0.3, 0.4) is 0 Å². The van der Waals surface area contributed by atoms with Crippen molar-refractivity contribution >= 4 is 38.8 Å². The lowest BCUT2D eigenvalue weighted by Gasteiger charge is -2.23. The number of nitriles is 1. The second-order valence-electron chi connectivity index (χ2n) is 6.24. The molecule has 2 aromatic rings. The quantitative estimate of drug-likeness (QED) is 0.614. The summed E-state index contributed by atoms with van der Waals surface area (Å²) < 4.78 is 0. The zero-order valence-electron chi connectivity index (χ0n) is 15.1. The number of allylic oxidation sites excluding steroid dienone is 4. The van der Waals surface area contributed by atoms with Gasteiger partial charge in [-0.15, -0.1) is 11.3 Å². The van der Waals surface area contributed by atoms with E-state index in [0.717, 1.165) is 42.7 Å². The van der Waals surface area contributed by atoms with Gasteiger partial charge in [0.05, 0.1) is 5.56 Å². The summed E-state index contributed by atoms with van der Waals surface area (Å²) in [5.41, 5.74) is 7.68. The van der Waals surface area contributed by atoms with Crippen LogP contribution in [0, 0.1) is 11.3 Å². The molecule has 0 saturated carbocycles. The van der Waals surface area contributed by atoms with Crippen molar-refractivity contribution in [2.24, 2.45) is 0 Å². The van der Waals surface area contributed by atoms with Crippen LogP contribution in [0.15, 0.2) is 28.5 Å². The first-order valence-electron chi connectivity index (χ1n) is 8.94. The van der Waals surface area contributed by atoms with E-state index in [1.54, 1.807) is 28.2 Å². The fourth-order valence-corrected chi connectivity index (χ4v) is 5.53. The minimum absolute atomic E-state index is 0.844. The number of rotatable bonds is 6. The molecular formula is C21H24N2S2. The van der Waals surface area contributed by atoms with Crippen LogP contribution in [0.25, 0.3) is 11.1 Å². The Labute approximate surface area is 158 Å². The maximum Gasteiger partial charge on any atom is 0.107 e. The van der Waals surface area contributed by atoms with E-state index < -0.39 is 0 Å². The molecule has 0 radical (unpaired) electrons. The summed E-state index contributed by atoms with van der Waals surface area (Å²) in [6.07, 6.45) is 7.71. The monoisotopic (exact) mass is 368 g/mol.